The van der Waals surface area contributed by atoms with Gasteiger partial charge in [0.15, 0.2) is 0 Å². The van der Waals surface area contributed by atoms with Gasteiger partial charge in [0.1, 0.15) is 26.0 Å². The number of benzene rings is 5. The fraction of sp³-hybridized carbons (Fsp3) is 0. The molecule has 0 heterocycles. The molecule has 192 valence electrons. The normalized spacial score (nSPS) is 11.8. The Hall–Kier alpha value is -2.36. The number of phenols is 1. The Kier molecular flexibility index (Phi) is 10.2. The van der Waals surface area contributed by atoms with Crippen molar-refractivity contribution in [1.82, 2.24) is 0 Å². The van der Waals surface area contributed by atoms with Crippen LogP contribution in [0.2, 0.25) is 0 Å². The van der Waals surface area contributed by atoms with Gasteiger partial charge in [-0.2, -0.15) is 0 Å². The molecule has 0 aliphatic heterocycles. The molecule has 40 heavy (non-hydrogen) atoms. The zero-order chi connectivity index (χ0) is 27.1. The summed E-state index contributed by atoms with van der Waals surface area (Å²) in [6, 6.07) is 22.7. The Balaban J connectivity index is 0.00000220. The number of nitrogens with zero attached hydrogens (tertiary/aromatic N) is 2. The molecule has 0 unspecified atom stereocenters. The number of aromatic hydroxyl groups is 1. The van der Waals surface area contributed by atoms with Gasteiger partial charge in [-0.3, -0.25) is 0 Å². The number of hydrogen-bond donors (Lipinski definition) is 2. The van der Waals surface area contributed by atoms with E-state index in [9.17, 15) is 31.0 Å². The van der Waals surface area contributed by atoms with Crippen LogP contribution in [0.3, 0.4) is 0 Å². The Bertz CT molecular complexity index is 1970. The maximum absolute atomic E-state index is 12.1. The summed E-state index contributed by atoms with van der Waals surface area (Å²) in [7, 11) is -9.70. The van der Waals surface area contributed by atoms with Gasteiger partial charge in [-0.1, -0.05) is 42.5 Å². The minimum absolute atomic E-state index is 0. The van der Waals surface area contributed by atoms with Crippen molar-refractivity contribution >= 4 is 64.5 Å². The average Bonchev–Trinajstić information content (AvgIpc) is 2.87. The van der Waals surface area contributed by atoms with Crippen LogP contribution in [-0.2, 0) is 20.2 Å². The van der Waals surface area contributed by atoms with Crippen molar-refractivity contribution in [3.63, 3.8) is 0 Å². The molecule has 0 saturated heterocycles. The molecule has 0 amide bonds. The molecule has 0 aliphatic carbocycles. The van der Waals surface area contributed by atoms with E-state index >= 15 is 0 Å². The largest absolute Gasteiger partial charge is 1.00 e. The third-order valence-corrected chi connectivity index (χ3v) is 7.57. The summed E-state index contributed by atoms with van der Waals surface area (Å²) in [5.74, 6) is -0.311. The number of nitrogens with one attached hydrogen (secondary N) is 1. The number of anilines is 2. The quantitative estimate of drug-likeness (QED) is 0.153. The topological polar surface area (TPSA) is 171 Å². The van der Waals surface area contributed by atoms with Gasteiger partial charge in [-0.25, -0.2) is 16.8 Å². The van der Waals surface area contributed by atoms with E-state index in [0.29, 0.717) is 16.8 Å². The first-order chi connectivity index (χ1) is 18.0. The SMILES string of the molecule is O=S(=O)([O-])c1ccc(N=Nc2ccc(Nc3ccccc3)c3c(S(=O)(=O)[O-])cccc23)c2c(O)cccc12.[Na+].[Na+]. The zero-order valence-electron chi connectivity index (χ0n) is 21.3. The summed E-state index contributed by atoms with van der Waals surface area (Å²) in [6.07, 6.45) is 0. The molecule has 0 spiro atoms. The van der Waals surface area contributed by atoms with Crippen molar-refractivity contribution in [2.24, 2.45) is 10.2 Å². The molecule has 0 fully saturated rings. The molecule has 10 nitrogen and oxygen atoms in total. The van der Waals surface area contributed by atoms with E-state index in [4.69, 9.17) is 0 Å². The molecule has 5 aromatic carbocycles. The van der Waals surface area contributed by atoms with Gasteiger partial charge >= 0.3 is 59.1 Å². The van der Waals surface area contributed by atoms with Gasteiger partial charge in [0.25, 0.3) is 0 Å². The summed E-state index contributed by atoms with van der Waals surface area (Å²) >= 11 is 0. The van der Waals surface area contributed by atoms with Crippen LogP contribution in [-0.4, -0.2) is 31.0 Å². The number of phenolic OH excluding ortho intramolecular Hbond substituents is 1. The fourth-order valence-corrected chi connectivity index (χ4v) is 5.58. The fourth-order valence-electron chi connectivity index (χ4n) is 4.19. The van der Waals surface area contributed by atoms with E-state index in [0.717, 1.165) is 6.07 Å². The van der Waals surface area contributed by atoms with Crippen LogP contribution in [0.25, 0.3) is 21.5 Å². The van der Waals surface area contributed by atoms with Gasteiger partial charge in [0, 0.05) is 27.5 Å². The molecule has 2 N–H and O–H groups in total. The number of azo groups is 1. The van der Waals surface area contributed by atoms with E-state index in [-0.39, 0.29) is 92.4 Å². The second kappa shape index (κ2) is 12.7. The Morgan fingerprint density at radius 3 is 1.88 bits per heavy atom. The molecule has 14 heteroatoms. The van der Waals surface area contributed by atoms with Gasteiger partial charge in [0.05, 0.1) is 26.6 Å². The third-order valence-electron chi connectivity index (χ3n) is 5.79. The molecule has 0 radical (unpaired) electrons. The van der Waals surface area contributed by atoms with E-state index in [1.807, 2.05) is 6.07 Å². The summed E-state index contributed by atoms with van der Waals surface area (Å²) in [5.41, 5.74) is 1.29. The second-order valence-electron chi connectivity index (χ2n) is 8.19. The summed E-state index contributed by atoms with van der Waals surface area (Å²) in [5, 5.41) is 22.3. The molecular formula is C26H17N3Na2O7S2. The maximum atomic E-state index is 12.1. The number of hydrogen-bond acceptors (Lipinski definition) is 10. The van der Waals surface area contributed by atoms with Gasteiger partial charge in [-0.05, 0) is 48.5 Å². The van der Waals surface area contributed by atoms with Crippen molar-refractivity contribution in [3.05, 3.63) is 91.0 Å². The van der Waals surface area contributed by atoms with E-state index in [1.165, 1.54) is 36.4 Å². The molecule has 0 aromatic heterocycles. The van der Waals surface area contributed by atoms with E-state index < -0.39 is 30.0 Å². The number of fused-ring (bicyclic) bond motifs is 2. The number of rotatable bonds is 6. The maximum Gasteiger partial charge on any atom is 1.00 e. The standard InChI is InChI=1S/C26H19N3O7S2.2Na/c30-22-10-4-9-18-23(37(31,32)33)15-14-21(25(18)22)29-28-19-12-13-20(27-16-6-2-1-3-7-16)26-17(19)8-5-11-24(26)38(34,35)36;;/h1-15,27,30H,(H,31,32,33)(H,34,35,36);;/q;2*+1/p-2. The summed E-state index contributed by atoms with van der Waals surface area (Å²) in [4.78, 5) is -0.965. The minimum Gasteiger partial charge on any atom is -0.744 e. The molecule has 5 rings (SSSR count). The van der Waals surface area contributed by atoms with E-state index in [2.05, 4.69) is 15.5 Å². The van der Waals surface area contributed by atoms with Crippen LogP contribution < -0.4 is 64.4 Å². The van der Waals surface area contributed by atoms with Crippen LogP contribution in [0.5, 0.6) is 5.75 Å². The first-order valence-corrected chi connectivity index (χ1v) is 13.8. The van der Waals surface area contributed by atoms with Crippen LogP contribution in [0.15, 0.2) is 111 Å². The predicted octanol–water partition coefficient (Wildman–Crippen LogP) is -0.326. The molecule has 5 aromatic rings. The zero-order valence-corrected chi connectivity index (χ0v) is 26.9. The first kappa shape index (κ1) is 32.2. The Labute approximate surface area is 274 Å². The molecule has 0 saturated carbocycles. The predicted molar refractivity (Wildman–Crippen MR) is 139 cm³/mol. The summed E-state index contributed by atoms with van der Waals surface area (Å²) in [6.45, 7) is 0. The average molecular weight is 594 g/mol. The molecule has 0 bridgehead atoms. The van der Waals surface area contributed by atoms with Crippen LogP contribution in [0.1, 0.15) is 0 Å². The second-order valence-corrected chi connectivity index (χ2v) is 10.9. The van der Waals surface area contributed by atoms with Crippen molar-refractivity contribution in [2.45, 2.75) is 9.79 Å². The van der Waals surface area contributed by atoms with Gasteiger partial charge in [-0.15, -0.1) is 10.2 Å². The monoisotopic (exact) mass is 593 g/mol. The third kappa shape index (κ3) is 6.58. The molecule has 0 aliphatic rings. The van der Waals surface area contributed by atoms with Crippen LogP contribution >= 0.6 is 0 Å². The Morgan fingerprint density at radius 1 is 0.600 bits per heavy atom. The summed E-state index contributed by atoms with van der Waals surface area (Å²) < 4.78 is 71.4. The van der Waals surface area contributed by atoms with Crippen LogP contribution in [0, 0.1) is 0 Å². The van der Waals surface area contributed by atoms with Crippen molar-refractivity contribution in [2.75, 3.05) is 5.32 Å². The van der Waals surface area contributed by atoms with Crippen molar-refractivity contribution in [1.29, 1.82) is 0 Å². The smallest absolute Gasteiger partial charge is 0.744 e. The Morgan fingerprint density at radius 2 is 1.20 bits per heavy atom. The van der Waals surface area contributed by atoms with E-state index in [1.54, 1.807) is 42.5 Å². The van der Waals surface area contributed by atoms with Crippen LogP contribution in [0.4, 0.5) is 22.7 Å². The van der Waals surface area contributed by atoms with Crippen molar-refractivity contribution < 1.29 is 90.2 Å². The van der Waals surface area contributed by atoms with Gasteiger partial charge in [0.2, 0.25) is 0 Å². The van der Waals surface area contributed by atoms with Crippen molar-refractivity contribution in [3.8, 4) is 5.75 Å². The molecule has 0 atom stereocenters. The minimum atomic E-state index is -4.86. The first-order valence-electron chi connectivity index (χ1n) is 11.0. The van der Waals surface area contributed by atoms with Gasteiger partial charge < -0.3 is 19.5 Å². The number of para-hydroxylation sites is 1. The molecular weight excluding hydrogens is 576 g/mol.